The third-order valence-electron chi connectivity index (χ3n) is 4.24. The van der Waals surface area contributed by atoms with Gasteiger partial charge in [0.2, 0.25) is 17.6 Å². The SMILES string of the molecule is CC(OC(=O)CCN1C(=O)CCC1=O)c1nc(-c2cccc(C(F)(F)F)c2)no1. The Morgan fingerprint density at radius 3 is 2.62 bits per heavy atom. The molecule has 2 heterocycles. The van der Waals surface area contributed by atoms with Crippen molar-refractivity contribution in [3.63, 3.8) is 0 Å². The molecule has 1 fully saturated rings. The normalized spacial score (nSPS) is 15.7. The van der Waals surface area contributed by atoms with E-state index in [4.69, 9.17) is 9.26 Å². The number of hydrogen-bond donors (Lipinski definition) is 0. The maximum absolute atomic E-state index is 12.8. The molecule has 154 valence electrons. The fourth-order valence-corrected chi connectivity index (χ4v) is 2.73. The number of carbonyl (C=O) groups excluding carboxylic acids is 3. The van der Waals surface area contributed by atoms with Crippen molar-refractivity contribution in [1.29, 1.82) is 0 Å². The number of imide groups is 1. The summed E-state index contributed by atoms with van der Waals surface area (Å²) in [6.07, 6.45) is -5.41. The lowest BCUT2D eigenvalue weighted by atomic mass is 10.1. The van der Waals surface area contributed by atoms with E-state index < -0.39 is 23.8 Å². The van der Waals surface area contributed by atoms with E-state index in [1.807, 2.05) is 0 Å². The van der Waals surface area contributed by atoms with Gasteiger partial charge in [0.05, 0.1) is 12.0 Å². The molecule has 0 N–H and O–H groups in total. The van der Waals surface area contributed by atoms with Crippen molar-refractivity contribution in [2.75, 3.05) is 6.54 Å². The van der Waals surface area contributed by atoms with Crippen molar-refractivity contribution < 1.29 is 36.8 Å². The van der Waals surface area contributed by atoms with Crippen LogP contribution >= 0.6 is 0 Å². The first-order chi connectivity index (χ1) is 13.6. The van der Waals surface area contributed by atoms with Gasteiger partial charge in [0.1, 0.15) is 0 Å². The predicted octanol–water partition coefficient (Wildman–Crippen LogP) is 2.90. The van der Waals surface area contributed by atoms with Crippen LogP contribution in [-0.4, -0.2) is 39.4 Å². The second-order valence-electron chi connectivity index (χ2n) is 6.36. The number of hydrogen-bond acceptors (Lipinski definition) is 7. The van der Waals surface area contributed by atoms with Crippen LogP contribution in [0.5, 0.6) is 0 Å². The summed E-state index contributed by atoms with van der Waals surface area (Å²) in [6, 6.07) is 4.42. The topological polar surface area (TPSA) is 103 Å². The number of likely N-dealkylation sites (tertiary alicyclic amines) is 1. The number of aromatic nitrogens is 2. The van der Waals surface area contributed by atoms with Gasteiger partial charge in [-0.15, -0.1) is 0 Å². The molecule has 2 amide bonds. The van der Waals surface area contributed by atoms with Crippen LogP contribution in [0.3, 0.4) is 0 Å². The fourth-order valence-electron chi connectivity index (χ4n) is 2.73. The Kier molecular flexibility index (Phi) is 5.66. The predicted molar refractivity (Wildman–Crippen MR) is 89.8 cm³/mol. The minimum atomic E-state index is -4.51. The molecule has 1 aromatic carbocycles. The van der Waals surface area contributed by atoms with Gasteiger partial charge in [0.15, 0.2) is 6.10 Å². The zero-order valence-electron chi connectivity index (χ0n) is 15.2. The first kappa shape index (κ1) is 20.5. The Morgan fingerprint density at radius 2 is 1.97 bits per heavy atom. The average Bonchev–Trinajstić information content (AvgIpc) is 3.27. The number of esters is 1. The molecule has 0 radical (unpaired) electrons. The maximum Gasteiger partial charge on any atom is 0.416 e. The van der Waals surface area contributed by atoms with Gasteiger partial charge < -0.3 is 9.26 Å². The number of nitrogens with zero attached hydrogens (tertiary/aromatic N) is 3. The molecule has 0 saturated carbocycles. The zero-order valence-corrected chi connectivity index (χ0v) is 15.2. The largest absolute Gasteiger partial charge is 0.452 e. The molecule has 0 spiro atoms. The second-order valence-corrected chi connectivity index (χ2v) is 6.36. The van der Waals surface area contributed by atoms with Crippen molar-refractivity contribution in [1.82, 2.24) is 15.0 Å². The molecule has 8 nitrogen and oxygen atoms in total. The molecule has 1 saturated heterocycles. The molecule has 1 aliphatic heterocycles. The Balaban J connectivity index is 1.61. The molecular weight excluding hydrogens is 395 g/mol. The van der Waals surface area contributed by atoms with Gasteiger partial charge in [0, 0.05) is 24.9 Å². The standard InChI is InChI=1S/C18H16F3N3O5/c1-10(28-15(27)7-8-24-13(25)5-6-14(24)26)17-22-16(23-29-17)11-3-2-4-12(9-11)18(19,20)21/h2-4,9-10H,5-8H2,1H3. The van der Waals surface area contributed by atoms with Gasteiger partial charge in [0.25, 0.3) is 5.89 Å². The quantitative estimate of drug-likeness (QED) is 0.532. The summed E-state index contributed by atoms with van der Waals surface area (Å²) in [7, 11) is 0. The summed E-state index contributed by atoms with van der Waals surface area (Å²) in [5, 5.41) is 3.62. The smallest absolute Gasteiger partial charge is 0.416 e. The molecule has 1 unspecified atom stereocenters. The number of halogens is 3. The van der Waals surface area contributed by atoms with Crippen LogP contribution in [0.15, 0.2) is 28.8 Å². The second kappa shape index (κ2) is 8.02. The molecule has 3 rings (SSSR count). The van der Waals surface area contributed by atoms with E-state index >= 15 is 0 Å². The highest BCUT2D eigenvalue weighted by atomic mass is 19.4. The highest BCUT2D eigenvalue weighted by Gasteiger charge is 2.31. The number of alkyl halides is 3. The maximum atomic E-state index is 12.8. The summed E-state index contributed by atoms with van der Waals surface area (Å²) in [5.74, 6) is -1.54. The third-order valence-corrected chi connectivity index (χ3v) is 4.24. The Morgan fingerprint density at radius 1 is 1.28 bits per heavy atom. The number of rotatable bonds is 6. The Labute approximate surface area is 162 Å². The number of amides is 2. The van der Waals surface area contributed by atoms with E-state index in [0.717, 1.165) is 17.0 Å². The molecule has 0 bridgehead atoms. The molecule has 11 heteroatoms. The minimum absolute atomic E-state index is 0.0808. The van der Waals surface area contributed by atoms with Crippen LogP contribution < -0.4 is 0 Å². The van der Waals surface area contributed by atoms with E-state index in [0.29, 0.717) is 0 Å². The van der Waals surface area contributed by atoms with Crippen LogP contribution in [0.4, 0.5) is 13.2 Å². The van der Waals surface area contributed by atoms with Crippen molar-refractivity contribution in [2.45, 2.75) is 38.5 Å². The minimum Gasteiger partial charge on any atom is -0.452 e. The van der Waals surface area contributed by atoms with E-state index in [2.05, 4.69) is 10.1 Å². The lowest BCUT2D eigenvalue weighted by molar-refractivity contribution is -0.150. The van der Waals surface area contributed by atoms with Gasteiger partial charge in [-0.3, -0.25) is 19.3 Å². The van der Waals surface area contributed by atoms with E-state index in [-0.39, 0.29) is 54.9 Å². The first-order valence-corrected chi connectivity index (χ1v) is 8.69. The van der Waals surface area contributed by atoms with Crippen molar-refractivity contribution in [2.24, 2.45) is 0 Å². The molecule has 1 atom stereocenters. The molecule has 0 aliphatic carbocycles. The third kappa shape index (κ3) is 4.79. The van der Waals surface area contributed by atoms with Crippen LogP contribution in [0.2, 0.25) is 0 Å². The molecule has 1 aromatic heterocycles. The molecule has 1 aliphatic rings. The first-order valence-electron chi connectivity index (χ1n) is 8.69. The van der Waals surface area contributed by atoms with E-state index in [1.165, 1.54) is 19.1 Å². The molecule has 29 heavy (non-hydrogen) atoms. The zero-order chi connectivity index (χ0) is 21.2. The van der Waals surface area contributed by atoms with Crippen LogP contribution in [0.1, 0.15) is 43.7 Å². The number of benzene rings is 1. The van der Waals surface area contributed by atoms with Gasteiger partial charge in [-0.25, -0.2) is 0 Å². The molecular formula is C18H16F3N3O5. The summed E-state index contributed by atoms with van der Waals surface area (Å²) < 4.78 is 48.6. The van der Waals surface area contributed by atoms with Gasteiger partial charge in [-0.1, -0.05) is 17.3 Å². The van der Waals surface area contributed by atoms with Gasteiger partial charge >= 0.3 is 12.1 Å². The van der Waals surface area contributed by atoms with Crippen LogP contribution in [0.25, 0.3) is 11.4 Å². The highest BCUT2D eigenvalue weighted by Crippen LogP contribution is 2.31. The van der Waals surface area contributed by atoms with Crippen LogP contribution in [0, 0.1) is 0 Å². The summed E-state index contributed by atoms with van der Waals surface area (Å²) in [4.78, 5) is 40.0. The lowest BCUT2D eigenvalue weighted by Gasteiger charge is -2.14. The van der Waals surface area contributed by atoms with E-state index in [9.17, 15) is 27.6 Å². The lowest BCUT2D eigenvalue weighted by Crippen LogP contribution is -2.31. The summed E-state index contributed by atoms with van der Waals surface area (Å²) >= 11 is 0. The average molecular weight is 411 g/mol. The number of carbonyl (C=O) groups is 3. The monoisotopic (exact) mass is 411 g/mol. The Hall–Kier alpha value is -3.24. The van der Waals surface area contributed by atoms with Crippen LogP contribution in [-0.2, 0) is 25.3 Å². The van der Waals surface area contributed by atoms with E-state index in [1.54, 1.807) is 0 Å². The number of ether oxygens (including phenoxy) is 1. The summed E-state index contributed by atoms with van der Waals surface area (Å²) in [5.41, 5.74) is -0.758. The summed E-state index contributed by atoms with van der Waals surface area (Å²) in [6.45, 7) is 1.37. The Bertz CT molecular complexity index is 925. The molecule has 2 aromatic rings. The van der Waals surface area contributed by atoms with Gasteiger partial charge in [-0.2, -0.15) is 18.2 Å². The van der Waals surface area contributed by atoms with Crippen molar-refractivity contribution in [3.8, 4) is 11.4 Å². The highest BCUT2D eigenvalue weighted by molar-refractivity contribution is 6.02. The van der Waals surface area contributed by atoms with Gasteiger partial charge in [-0.05, 0) is 19.1 Å². The van der Waals surface area contributed by atoms with Crippen molar-refractivity contribution >= 4 is 17.8 Å². The fraction of sp³-hybridized carbons (Fsp3) is 0.389. The van der Waals surface area contributed by atoms with Crippen molar-refractivity contribution in [3.05, 3.63) is 35.7 Å².